The SMILES string of the molecule is CCNC(=O)C1COCCN1C(=O)C(C)(C)N. The molecule has 1 saturated heterocycles. The molecule has 1 rings (SSSR count). The number of rotatable bonds is 3. The first-order valence-electron chi connectivity index (χ1n) is 5.83. The summed E-state index contributed by atoms with van der Waals surface area (Å²) in [6, 6.07) is -0.570. The first-order chi connectivity index (χ1) is 7.88. The number of carbonyl (C=O) groups is 2. The maximum absolute atomic E-state index is 12.1. The van der Waals surface area contributed by atoms with Gasteiger partial charge < -0.3 is 20.7 Å². The fourth-order valence-corrected chi connectivity index (χ4v) is 1.73. The van der Waals surface area contributed by atoms with Crippen LogP contribution in [0.3, 0.4) is 0 Å². The van der Waals surface area contributed by atoms with Crippen molar-refractivity contribution in [1.29, 1.82) is 0 Å². The summed E-state index contributed by atoms with van der Waals surface area (Å²) < 4.78 is 5.25. The molecule has 0 saturated carbocycles. The average Bonchev–Trinajstić information content (AvgIpc) is 2.27. The lowest BCUT2D eigenvalue weighted by molar-refractivity contribution is -0.151. The fraction of sp³-hybridized carbons (Fsp3) is 0.818. The minimum absolute atomic E-state index is 0.190. The van der Waals surface area contributed by atoms with Crippen molar-refractivity contribution >= 4 is 11.8 Å². The summed E-state index contributed by atoms with van der Waals surface area (Å²) in [7, 11) is 0. The molecular weight excluding hydrogens is 222 g/mol. The van der Waals surface area contributed by atoms with Crippen LogP contribution in [0.2, 0.25) is 0 Å². The summed E-state index contributed by atoms with van der Waals surface area (Å²) in [5.41, 5.74) is 4.81. The van der Waals surface area contributed by atoms with Crippen molar-refractivity contribution in [2.24, 2.45) is 5.73 Å². The van der Waals surface area contributed by atoms with E-state index >= 15 is 0 Å². The fourth-order valence-electron chi connectivity index (χ4n) is 1.73. The van der Waals surface area contributed by atoms with Gasteiger partial charge in [-0.1, -0.05) is 0 Å². The van der Waals surface area contributed by atoms with E-state index in [-0.39, 0.29) is 18.4 Å². The highest BCUT2D eigenvalue weighted by Crippen LogP contribution is 2.13. The van der Waals surface area contributed by atoms with Gasteiger partial charge in [-0.05, 0) is 20.8 Å². The van der Waals surface area contributed by atoms with Gasteiger partial charge in [-0.2, -0.15) is 0 Å². The number of carbonyl (C=O) groups excluding carboxylic acids is 2. The van der Waals surface area contributed by atoms with Gasteiger partial charge in [0.15, 0.2) is 0 Å². The van der Waals surface area contributed by atoms with E-state index in [1.165, 1.54) is 4.90 Å². The second-order valence-electron chi connectivity index (χ2n) is 4.71. The molecule has 0 aromatic carbocycles. The minimum atomic E-state index is -0.970. The Morgan fingerprint density at radius 2 is 2.18 bits per heavy atom. The van der Waals surface area contributed by atoms with Crippen molar-refractivity contribution in [3.05, 3.63) is 0 Å². The molecule has 1 atom stereocenters. The van der Waals surface area contributed by atoms with Crippen LogP contribution in [0.4, 0.5) is 0 Å². The molecule has 1 aliphatic rings. The van der Waals surface area contributed by atoms with Crippen molar-refractivity contribution in [2.75, 3.05) is 26.3 Å². The Hall–Kier alpha value is -1.14. The van der Waals surface area contributed by atoms with Crippen LogP contribution in [0, 0.1) is 0 Å². The molecular formula is C11H21N3O3. The molecule has 1 heterocycles. The molecule has 6 heteroatoms. The number of ether oxygens (including phenoxy) is 1. The second-order valence-corrected chi connectivity index (χ2v) is 4.71. The summed E-state index contributed by atoms with van der Waals surface area (Å²) in [6.07, 6.45) is 0. The molecule has 0 spiro atoms. The highest BCUT2D eigenvalue weighted by Gasteiger charge is 2.37. The maximum atomic E-state index is 12.1. The van der Waals surface area contributed by atoms with Crippen LogP contribution in [-0.2, 0) is 14.3 Å². The molecule has 0 radical (unpaired) electrons. The molecule has 0 aliphatic carbocycles. The molecule has 17 heavy (non-hydrogen) atoms. The Morgan fingerprint density at radius 1 is 1.53 bits per heavy atom. The number of hydrogen-bond acceptors (Lipinski definition) is 4. The van der Waals surface area contributed by atoms with Gasteiger partial charge in [-0.25, -0.2) is 0 Å². The molecule has 0 bridgehead atoms. The predicted molar refractivity (Wildman–Crippen MR) is 63.3 cm³/mol. The topological polar surface area (TPSA) is 84.7 Å². The van der Waals surface area contributed by atoms with Crippen molar-refractivity contribution in [3.8, 4) is 0 Å². The van der Waals surface area contributed by atoms with E-state index in [0.717, 1.165) is 0 Å². The third kappa shape index (κ3) is 3.41. The number of nitrogens with zero attached hydrogens (tertiary/aromatic N) is 1. The molecule has 0 aromatic rings. The van der Waals surface area contributed by atoms with Crippen LogP contribution < -0.4 is 11.1 Å². The third-order valence-corrected chi connectivity index (χ3v) is 2.59. The normalized spacial score (nSPS) is 21.2. The summed E-state index contributed by atoms with van der Waals surface area (Å²) in [4.78, 5) is 25.4. The molecule has 0 aromatic heterocycles. The number of nitrogens with one attached hydrogen (secondary N) is 1. The lowest BCUT2D eigenvalue weighted by Crippen LogP contribution is -2.61. The zero-order valence-corrected chi connectivity index (χ0v) is 10.7. The van der Waals surface area contributed by atoms with Crippen molar-refractivity contribution in [2.45, 2.75) is 32.4 Å². The van der Waals surface area contributed by atoms with Gasteiger partial charge in [-0.15, -0.1) is 0 Å². The zero-order chi connectivity index (χ0) is 13.1. The highest BCUT2D eigenvalue weighted by molar-refractivity contribution is 5.91. The monoisotopic (exact) mass is 243 g/mol. The second kappa shape index (κ2) is 5.46. The van der Waals surface area contributed by atoms with Gasteiger partial charge in [0.2, 0.25) is 11.8 Å². The van der Waals surface area contributed by atoms with Gasteiger partial charge in [-0.3, -0.25) is 9.59 Å². The maximum Gasteiger partial charge on any atom is 0.245 e. The number of hydrogen-bond donors (Lipinski definition) is 2. The Kier molecular flexibility index (Phi) is 4.47. The van der Waals surface area contributed by atoms with Gasteiger partial charge in [0.25, 0.3) is 0 Å². The van der Waals surface area contributed by atoms with E-state index in [9.17, 15) is 9.59 Å². The Balaban J connectivity index is 2.79. The van der Waals surface area contributed by atoms with Crippen molar-refractivity contribution < 1.29 is 14.3 Å². The average molecular weight is 243 g/mol. The van der Waals surface area contributed by atoms with Gasteiger partial charge >= 0.3 is 0 Å². The Bertz CT molecular complexity index is 299. The summed E-state index contributed by atoms with van der Waals surface area (Å²) >= 11 is 0. The van der Waals surface area contributed by atoms with E-state index < -0.39 is 11.6 Å². The molecule has 6 nitrogen and oxygen atoms in total. The van der Waals surface area contributed by atoms with E-state index in [0.29, 0.717) is 19.7 Å². The standard InChI is InChI=1S/C11H21N3O3/c1-4-13-9(15)8-7-17-6-5-14(8)10(16)11(2,3)12/h8H,4-7,12H2,1-3H3,(H,13,15). The van der Waals surface area contributed by atoms with Crippen molar-refractivity contribution in [1.82, 2.24) is 10.2 Å². The van der Waals surface area contributed by atoms with E-state index in [1.54, 1.807) is 13.8 Å². The van der Waals surface area contributed by atoms with E-state index in [2.05, 4.69) is 5.32 Å². The van der Waals surface area contributed by atoms with Gasteiger partial charge in [0, 0.05) is 13.1 Å². The van der Waals surface area contributed by atoms with Crippen LogP contribution >= 0.6 is 0 Å². The predicted octanol–water partition coefficient (Wildman–Crippen LogP) is -0.913. The van der Waals surface area contributed by atoms with Crippen LogP contribution in [0.15, 0.2) is 0 Å². The molecule has 1 aliphatic heterocycles. The zero-order valence-electron chi connectivity index (χ0n) is 10.7. The van der Waals surface area contributed by atoms with E-state index in [1.807, 2.05) is 6.92 Å². The number of morpholine rings is 1. The molecule has 1 fully saturated rings. The first-order valence-corrected chi connectivity index (χ1v) is 5.83. The van der Waals surface area contributed by atoms with Crippen LogP contribution in [-0.4, -0.2) is 54.6 Å². The first kappa shape index (κ1) is 13.9. The third-order valence-electron chi connectivity index (χ3n) is 2.59. The van der Waals surface area contributed by atoms with Crippen LogP contribution in [0.25, 0.3) is 0 Å². The number of amides is 2. The number of nitrogens with two attached hydrogens (primary N) is 1. The lowest BCUT2D eigenvalue weighted by atomic mass is 10.0. The molecule has 2 amide bonds. The van der Waals surface area contributed by atoms with Crippen LogP contribution in [0.5, 0.6) is 0 Å². The quantitative estimate of drug-likeness (QED) is 0.672. The molecule has 1 unspecified atom stereocenters. The van der Waals surface area contributed by atoms with Crippen LogP contribution in [0.1, 0.15) is 20.8 Å². The van der Waals surface area contributed by atoms with Gasteiger partial charge in [0.1, 0.15) is 6.04 Å². The van der Waals surface area contributed by atoms with E-state index in [4.69, 9.17) is 10.5 Å². The summed E-state index contributed by atoms with van der Waals surface area (Å²) in [6.45, 7) is 6.72. The molecule has 3 N–H and O–H groups in total. The minimum Gasteiger partial charge on any atom is -0.377 e. The highest BCUT2D eigenvalue weighted by atomic mass is 16.5. The van der Waals surface area contributed by atoms with Gasteiger partial charge in [0.05, 0.1) is 18.8 Å². The smallest absolute Gasteiger partial charge is 0.245 e. The number of likely N-dealkylation sites (N-methyl/N-ethyl adjacent to an activating group) is 1. The Labute approximate surface area is 101 Å². The lowest BCUT2D eigenvalue weighted by Gasteiger charge is -2.37. The summed E-state index contributed by atoms with van der Waals surface area (Å²) in [5, 5.41) is 2.70. The molecule has 98 valence electrons. The van der Waals surface area contributed by atoms with Crippen molar-refractivity contribution in [3.63, 3.8) is 0 Å². The largest absolute Gasteiger partial charge is 0.377 e. The summed E-state index contributed by atoms with van der Waals surface area (Å²) in [5.74, 6) is -0.415. The Morgan fingerprint density at radius 3 is 2.71 bits per heavy atom.